The molecular formula is C17H17NO3. The highest BCUT2D eigenvalue weighted by molar-refractivity contribution is 5.82. The maximum absolute atomic E-state index is 11.1. The predicted molar refractivity (Wildman–Crippen MR) is 80.8 cm³/mol. The van der Waals surface area contributed by atoms with Crippen LogP contribution in [0.5, 0.6) is 0 Å². The van der Waals surface area contributed by atoms with Gasteiger partial charge in [0, 0.05) is 13.3 Å². The molecule has 4 nitrogen and oxygen atoms in total. The van der Waals surface area contributed by atoms with Crippen LogP contribution < -0.4 is 5.32 Å². The van der Waals surface area contributed by atoms with Gasteiger partial charge in [0.25, 0.3) is 0 Å². The Hall–Kier alpha value is -2.62. The first-order valence-corrected chi connectivity index (χ1v) is 6.70. The average Bonchev–Trinajstić information content (AvgIpc) is 2.48. The molecule has 0 saturated heterocycles. The fraction of sp³-hybridized carbons (Fsp3) is 0.176. The Kier molecular flexibility index (Phi) is 4.72. The van der Waals surface area contributed by atoms with Crippen LogP contribution >= 0.6 is 0 Å². The van der Waals surface area contributed by atoms with Gasteiger partial charge in [-0.25, -0.2) is 4.79 Å². The fourth-order valence-corrected chi connectivity index (χ4v) is 2.15. The van der Waals surface area contributed by atoms with E-state index in [0.29, 0.717) is 0 Å². The molecule has 4 heteroatoms. The lowest BCUT2D eigenvalue weighted by molar-refractivity contribution is -0.141. The zero-order valence-electron chi connectivity index (χ0n) is 11.7. The zero-order chi connectivity index (χ0) is 15.2. The molecule has 1 unspecified atom stereocenters. The van der Waals surface area contributed by atoms with E-state index in [4.69, 9.17) is 5.11 Å². The largest absolute Gasteiger partial charge is 0.480 e. The monoisotopic (exact) mass is 283 g/mol. The summed E-state index contributed by atoms with van der Waals surface area (Å²) in [6, 6.07) is 16.7. The van der Waals surface area contributed by atoms with Crippen LogP contribution in [0.1, 0.15) is 12.5 Å². The van der Waals surface area contributed by atoms with Crippen molar-refractivity contribution in [1.29, 1.82) is 0 Å². The number of carbonyl (C=O) groups excluding carboxylic acids is 1. The van der Waals surface area contributed by atoms with E-state index in [1.165, 1.54) is 6.92 Å². The summed E-state index contributed by atoms with van der Waals surface area (Å²) >= 11 is 0. The first-order valence-electron chi connectivity index (χ1n) is 6.70. The number of aliphatic carboxylic acids is 1. The third-order valence-corrected chi connectivity index (χ3v) is 3.18. The van der Waals surface area contributed by atoms with Crippen LogP contribution in [-0.4, -0.2) is 23.0 Å². The van der Waals surface area contributed by atoms with Crippen molar-refractivity contribution < 1.29 is 14.7 Å². The molecular weight excluding hydrogens is 266 g/mol. The van der Waals surface area contributed by atoms with E-state index >= 15 is 0 Å². The third kappa shape index (κ3) is 4.18. The quantitative estimate of drug-likeness (QED) is 0.886. The summed E-state index contributed by atoms with van der Waals surface area (Å²) < 4.78 is 0. The minimum atomic E-state index is -1.03. The molecule has 108 valence electrons. The number of carboxylic acid groups (broad SMARTS) is 1. The number of hydrogen-bond acceptors (Lipinski definition) is 2. The van der Waals surface area contributed by atoms with Crippen LogP contribution in [-0.2, 0) is 16.0 Å². The van der Waals surface area contributed by atoms with Crippen molar-refractivity contribution >= 4 is 11.9 Å². The van der Waals surface area contributed by atoms with Gasteiger partial charge in [-0.1, -0.05) is 54.6 Å². The molecule has 2 aromatic carbocycles. The number of hydrogen-bond donors (Lipinski definition) is 2. The van der Waals surface area contributed by atoms with Crippen molar-refractivity contribution in [3.05, 3.63) is 60.2 Å². The van der Waals surface area contributed by atoms with E-state index in [2.05, 4.69) is 5.32 Å². The number of carboxylic acids is 1. The molecule has 21 heavy (non-hydrogen) atoms. The van der Waals surface area contributed by atoms with Gasteiger partial charge in [-0.2, -0.15) is 0 Å². The normalized spacial score (nSPS) is 11.7. The Morgan fingerprint density at radius 3 is 2.10 bits per heavy atom. The predicted octanol–water partition coefficient (Wildman–Crippen LogP) is 2.49. The van der Waals surface area contributed by atoms with Gasteiger partial charge in [0.15, 0.2) is 0 Å². The molecule has 0 spiro atoms. The second-order valence-electron chi connectivity index (χ2n) is 4.86. The highest BCUT2D eigenvalue weighted by atomic mass is 16.4. The van der Waals surface area contributed by atoms with Crippen LogP contribution in [0.15, 0.2) is 54.6 Å². The first kappa shape index (κ1) is 14.8. The summed E-state index contributed by atoms with van der Waals surface area (Å²) in [4.78, 5) is 22.1. The van der Waals surface area contributed by atoms with Crippen LogP contribution in [0, 0.1) is 0 Å². The molecule has 0 bridgehead atoms. The number of benzene rings is 2. The summed E-state index contributed by atoms with van der Waals surface area (Å²) in [6.07, 6.45) is 0.268. The van der Waals surface area contributed by atoms with E-state index in [0.717, 1.165) is 16.7 Å². The Balaban J connectivity index is 2.11. The fourth-order valence-electron chi connectivity index (χ4n) is 2.15. The first-order chi connectivity index (χ1) is 10.1. The summed E-state index contributed by atoms with van der Waals surface area (Å²) in [7, 11) is 0. The van der Waals surface area contributed by atoms with Gasteiger partial charge in [-0.15, -0.1) is 0 Å². The van der Waals surface area contributed by atoms with Crippen molar-refractivity contribution in [1.82, 2.24) is 5.32 Å². The Morgan fingerprint density at radius 2 is 1.57 bits per heavy atom. The number of amides is 1. The van der Waals surface area contributed by atoms with Crippen molar-refractivity contribution in [2.45, 2.75) is 19.4 Å². The average molecular weight is 283 g/mol. The Bertz CT molecular complexity index is 620. The van der Waals surface area contributed by atoms with Crippen LogP contribution in [0.4, 0.5) is 0 Å². The molecule has 2 rings (SSSR count). The molecule has 2 N–H and O–H groups in total. The maximum atomic E-state index is 11.1. The van der Waals surface area contributed by atoms with Gasteiger partial charge >= 0.3 is 5.97 Å². The second kappa shape index (κ2) is 6.70. The number of nitrogens with one attached hydrogen (secondary N) is 1. The summed E-state index contributed by atoms with van der Waals surface area (Å²) in [5, 5.41) is 11.5. The van der Waals surface area contributed by atoms with Crippen molar-refractivity contribution in [3.8, 4) is 11.1 Å². The molecule has 0 aliphatic rings. The van der Waals surface area contributed by atoms with Crippen molar-refractivity contribution in [2.75, 3.05) is 0 Å². The highest BCUT2D eigenvalue weighted by Crippen LogP contribution is 2.19. The zero-order valence-corrected chi connectivity index (χ0v) is 11.7. The lowest BCUT2D eigenvalue weighted by atomic mass is 10.0. The number of carbonyl (C=O) groups is 2. The minimum Gasteiger partial charge on any atom is -0.480 e. The smallest absolute Gasteiger partial charge is 0.326 e. The summed E-state index contributed by atoms with van der Waals surface area (Å²) in [5.74, 6) is -1.37. The van der Waals surface area contributed by atoms with E-state index < -0.39 is 12.0 Å². The standard InChI is InChI=1S/C17H17NO3/c1-12(19)18-16(17(20)21)11-13-7-9-15(10-8-13)14-5-3-2-4-6-14/h2-10,16H,11H2,1H3,(H,18,19)(H,20,21). The van der Waals surface area contributed by atoms with Crippen LogP contribution in [0.25, 0.3) is 11.1 Å². The SMILES string of the molecule is CC(=O)NC(Cc1ccc(-c2ccccc2)cc1)C(=O)O. The molecule has 0 radical (unpaired) electrons. The molecule has 1 amide bonds. The van der Waals surface area contributed by atoms with Gasteiger partial charge < -0.3 is 10.4 Å². The second-order valence-corrected chi connectivity index (χ2v) is 4.86. The number of rotatable bonds is 5. The minimum absolute atomic E-state index is 0.268. The van der Waals surface area contributed by atoms with Gasteiger partial charge in [-0.05, 0) is 16.7 Å². The Labute approximate surface area is 123 Å². The molecule has 2 aromatic rings. The molecule has 0 aliphatic heterocycles. The van der Waals surface area contributed by atoms with E-state index in [-0.39, 0.29) is 12.3 Å². The van der Waals surface area contributed by atoms with Crippen molar-refractivity contribution in [2.24, 2.45) is 0 Å². The molecule has 0 saturated carbocycles. The lowest BCUT2D eigenvalue weighted by Crippen LogP contribution is -2.41. The summed E-state index contributed by atoms with van der Waals surface area (Å²) in [6.45, 7) is 1.31. The topological polar surface area (TPSA) is 66.4 Å². The van der Waals surface area contributed by atoms with E-state index in [9.17, 15) is 9.59 Å². The molecule has 0 aliphatic carbocycles. The summed E-state index contributed by atoms with van der Waals surface area (Å²) in [5.41, 5.74) is 3.06. The van der Waals surface area contributed by atoms with Crippen LogP contribution in [0.3, 0.4) is 0 Å². The van der Waals surface area contributed by atoms with Crippen LogP contribution in [0.2, 0.25) is 0 Å². The maximum Gasteiger partial charge on any atom is 0.326 e. The van der Waals surface area contributed by atoms with E-state index in [1.54, 1.807) is 0 Å². The molecule has 0 fully saturated rings. The lowest BCUT2D eigenvalue weighted by Gasteiger charge is -2.13. The highest BCUT2D eigenvalue weighted by Gasteiger charge is 2.18. The van der Waals surface area contributed by atoms with Gasteiger partial charge in [-0.3, -0.25) is 4.79 Å². The molecule has 0 aromatic heterocycles. The Morgan fingerprint density at radius 1 is 1.00 bits per heavy atom. The van der Waals surface area contributed by atoms with Crippen molar-refractivity contribution in [3.63, 3.8) is 0 Å². The third-order valence-electron chi connectivity index (χ3n) is 3.18. The van der Waals surface area contributed by atoms with Gasteiger partial charge in [0.05, 0.1) is 0 Å². The van der Waals surface area contributed by atoms with Gasteiger partial charge in [0.2, 0.25) is 5.91 Å². The molecule has 1 atom stereocenters. The van der Waals surface area contributed by atoms with E-state index in [1.807, 2.05) is 54.6 Å². The molecule has 0 heterocycles. The van der Waals surface area contributed by atoms with Gasteiger partial charge in [0.1, 0.15) is 6.04 Å².